The first-order chi connectivity index (χ1) is 23.9. The third kappa shape index (κ3) is 6.35. The summed E-state index contributed by atoms with van der Waals surface area (Å²) in [5.74, 6) is -1.59. The maximum Gasteiger partial charge on any atom is 0.399 e. The van der Waals surface area contributed by atoms with E-state index in [-0.39, 0.29) is 52.5 Å². The van der Waals surface area contributed by atoms with E-state index in [0.29, 0.717) is 36.9 Å². The van der Waals surface area contributed by atoms with Crippen LogP contribution in [0.15, 0.2) is 54.6 Å². The number of nitrogens with zero attached hydrogens (tertiary/aromatic N) is 4. The fourth-order valence-electron chi connectivity index (χ4n) is 8.06. The van der Waals surface area contributed by atoms with Gasteiger partial charge in [-0.15, -0.1) is 11.3 Å². The normalized spacial score (nSPS) is 27.7. The maximum atomic E-state index is 14.4. The van der Waals surface area contributed by atoms with E-state index in [1.54, 1.807) is 9.80 Å². The Morgan fingerprint density at radius 2 is 1.74 bits per heavy atom. The van der Waals surface area contributed by atoms with Gasteiger partial charge in [-0.3, -0.25) is 18.9 Å². The lowest BCUT2D eigenvalue weighted by atomic mass is 9.90. The van der Waals surface area contributed by atoms with Crippen LogP contribution in [0.3, 0.4) is 0 Å². The van der Waals surface area contributed by atoms with Crippen LogP contribution in [0.5, 0.6) is 0 Å². The molecule has 264 valence electrons. The number of hydrogen-bond donors (Lipinski definition) is 3. The van der Waals surface area contributed by atoms with E-state index in [1.807, 2.05) is 30.3 Å². The second-order valence-electron chi connectivity index (χ2n) is 13.8. The van der Waals surface area contributed by atoms with Gasteiger partial charge in [0.1, 0.15) is 12.1 Å². The molecule has 7 rings (SSSR count). The predicted octanol–water partition coefficient (Wildman–Crippen LogP) is 4.61. The summed E-state index contributed by atoms with van der Waals surface area (Å²) in [6, 6.07) is 15.0. The average molecular weight is 726 g/mol. The lowest BCUT2D eigenvalue weighted by Crippen LogP contribution is -2.59. The number of nitriles is 1. The lowest BCUT2D eigenvalue weighted by molar-refractivity contribution is -0.147. The van der Waals surface area contributed by atoms with Gasteiger partial charge in [-0.2, -0.15) is 14.0 Å². The van der Waals surface area contributed by atoms with Crippen molar-refractivity contribution in [2.75, 3.05) is 26.2 Å². The Morgan fingerprint density at radius 1 is 1.00 bits per heavy atom. The summed E-state index contributed by atoms with van der Waals surface area (Å²) in [6.45, 7) is 2.58. The first-order valence-corrected chi connectivity index (χ1v) is 19.4. The number of amides is 3. The summed E-state index contributed by atoms with van der Waals surface area (Å²) < 4.78 is 40.7. The number of alkyl halides is 2. The number of carbonyl (C=O) groups excluding carboxylic acids is 3. The Kier molecular flexibility index (Phi) is 9.32. The van der Waals surface area contributed by atoms with Gasteiger partial charge < -0.3 is 29.8 Å². The molecule has 50 heavy (non-hydrogen) atoms. The first-order valence-electron chi connectivity index (χ1n) is 16.9. The second-order valence-corrected chi connectivity index (χ2v) is 16.6. The van der Waals surface area contributed by atoms with Gasteiger partial charge in [0, 0.05) is 41.4 Å². The smallest absolute Gasteiger partial charge is 0.340 e. The van der Waals surface area contributed by atoms with Gasteiger partial charge in [-0.05, 0) is 80.8 Å². The average Bonchev–Trinajstić information content (AvgIpc) is 3.80. The minimum Gasteiger partial charge on any atom is -0.340 e. The van der Waals surface area contributed by atoms with E-state index in [0.717, 1.165) is 55.0 Å². The van der Waals surface area contributed by atoms with Crippen molar-refractivity contribution in [1.82, 2.24) is 20.0 Å². The third-order valence-electron chi connectivity index (χ3n) is 10.9. The number of thiophene rings is 1. The molecule has 5 heterocycles. The van der Waals surface area contributed by atoms with E-state index in [1.165, 1.54) is 12.1 Å². The zero-order valence-electron chi connectivity index (χ0n) is 27.2. The highest BCUT2D eigenvalue weighted by molar-refractivity contribution is 7.52. The van der Waals surface area contributed by atoms with Gasteiger partial charge in [-0.25, -0.2) is 0 Å². The molecule has 4 aliphatic heterocycles. The summed E-state index contributed by atoms with van der Waals surface area (Å²) in [4.78, 5) is 66.5. The molecule has 0 bridgehead atoms. The molecular weight excluding hydrogens is 687 g/mol. The summed E-state index contributed by atoms with van der Waals surface area (Å²) in [5, 5.41) is 13.1. The number of likely N-dealkylation sites (tertiary alicyclic amines) is 2. The van der Waals surface area contributed by atoms with Crippen molar-refractivity contribution in [2.45, 2.75) is 74.3 Å². The van der Waals surface area contributed by atoms with Crippen LogP contribution in [0.4, 0.5) is 8.78 Å². The molecule has 4 aliphatic rings. The molecule has 2 aromatic carbocycles. The van der Waals surface area contributed by atoms with Crippen molar-refractivity contribution in [3.63, 3.8) is 0 Å². The molecule has 0 radical (unpaired) electrons. The number of benzene rings is 2. The highest BCUT2D eigenvalue weighted by Crippen LogP contribution is 2.59. The zero-order chi connectivity index (χ0) is 35.4. The van der Waals surface area contributed by atoms with Crippen LogP contribution in [-0.2, 0) is 19.8 Å². The molecule has 4 saturated heterocycles. The van der Waals surface area contributed by atoms with Crippen molar-refractivity contribution in [3.05, 3.63) is 70.6 Å². The van der Waals surface area contributed by atoms with Gasteiger partial charge in [-0.1, -0.05) is 36.4 Å². The quantitative estimate of drug-likeness (QED) is 0.299. The van der Waals surface area contributed by atoms with Crippen molar-refractivity contribution in [1.29, 1.82) is 5.26 Å². The summed E-state index contributed by atoms with van der Waals surface area (Å²) in [6.07, 6.45) is 4.02. The number of carbonyl (C=O) groups is 3. The minimum absolute atomic E-state index is 0.131. The SMILES string of the molecule is N#C[C@@H]1CN(C(=O)[C@@H]2CC[C@@H]3C[C@@H](N4CCC4)CC[C@H](NC(=O)c4cc5cc(C(F)(F)P(=O)(O)O)ccc5s4)C(=O)N32)C[C@H]1c1ccccc1. The first kappa shape index (κ1) is 34.7. The van der Waals surface area contributed by atoms with Gasteiger partial charge >= 0.3 is 13.3 Å². The van der Waals surface area contributed by atoms with Gasteiger partial charge in [0.15, 0.2) is 0 Å². The molecule has 0 aliphatic carbocycles. The highest BCUT2D eigenvalue weighted by Gasteiger charge is 2.51. The fourth-order valence-corrected chi connectivity index (χ4v) is 9.48. The fraction of sp³-hybridized carbons (Fsp3) is 0.486. The molecule has 3 amide bonds. The topological polar surface area (TPSA) is 154 Å². The molecule has 11 nitrogen and oxygen atoms in total. The van der Waals surface area contributed by atoms with Crippen molar-refractivity contribution < 1.29 is 37.5 Å². The molecule has 3 aromatic rings. The number of hydrogen-bond acceptors (Lipinski definition) is 7. The largest absolute Gasteiger partial charge is 0.399 e. The van der Waals surface area contributed by atoms with E-state index in [2.05, 4.69) is 16.3 Å². The Morgan fingerprint density at radius 3 is 2.42 bits per heavy atom. The van der Waals surface area contributed by atoms with Crippen LogP contribution < -0.4 is 5.32 Å². The summed E-state index contributed by atoms with van der Waals surface area (Å²) in [7, 11) is -5.78. The molecule has 3 N–H and O–H groups in total. The van der Waals surface area contributed by atoms with Crippen molar-refractivity contribution >= 4 is 46.7 Å². The van der Waals surface area contributed by atoms with Crippen LogP contribution in [0, 0.1) is 17.2 Å². The standard InChI is InChI=1S/C35H38F2N5O6PS/c36-35(37,49(46,47)48)24-7-12-30-22(15-24)16-31(50-30)32(43)39-28-10-8-25(40-13-4-14-40)17-26-9-11-29(42(26)33(28)44)34(45)41-19-23(18-38)27(20-41)21-5-2-1-3-6-21/h1-3,5-7,12,15-16,23,25-29H,4,8-11,13-14,17,19-20H2,(H,39,43)(H2,46,47,48)/t23-,25+,26-,27+,28+,29+/m1/s1. The van der Waals surface area contributed by atoms with Crippen LogP contribution in [0.25, 0.3) is 10.1 Å². The zero-order valence-corrected chi connectivity index (χ0v) is 28.9. The maximum absolute atomic E-state index is 14.4. The van der Waals surface area contributed by atoms with Gasteiger partial charge in [0.05, 0.1) is 16.9 Å². The molecule has 0 unspecified atom stereocenters. The lowest BCUT2D eigenvalue weighted by Gasteiger charge is -2.44. The van der Waals surface area contributed by atoms with Gasteiger partial charge in [0.25, 0.3) is 5.91 Å². The molecular formula is C35H38F2N5O6PS. The van der Waals surface area contributed by atoms with Gasteiger partial charge in [0.2, 0.25) is 11.8 Å². The van der Waals surface area contributed by atoms with Crippen molar-refractivity contribution in [3.8, 4) is 6.07 Å². The van der Waals surface area contributed by atoms with Crippen LogP contribution in [-0.4, -0.2) is 92.6 Å². The van der Waals surface area contributed by atoms with E-state index >= 15 is 0 Å². The number of halogens is 2. The molecule has 4 fully saturated rings. The Labute approximate surface area is 292 Å². The number of rotatable bonds is 7. The van der Waals surface area contributed by atoms with Crippen LogP contribution in [0.2, 0.25) is 0 Å². The molecule has 15 heteroatoms. The number of fused-ring (bicyclic) bond motifs is 2. The number of nitrogens with one attached hydrogen (secondary N) is 1. The van der Waals surface area contributed by atoms with Crippen molar-refractivity contribution in [2.24, 2.45) is 5.92 Å². The Bertz CT molecular complexity index is 1890. The van der Waals surface area contributed by atoms with Crippen LogP contribution in [0.1, 0.15) is 65.2 Å². The monoisotopic (exact) mass is 725 g/mol. The molecule has 1 aromatic heterocycles. The van der Waals surface area contributed by atoms with E-state index in [4.69, 9.17) is 0 Å². The summed E-state index contributed by atoms with van der Waals surface area (Å²) in [5.41, 5.74) is -4.26. The molecule has 6 atom stereocenters. The molecule has 0 saturated carbocycles. The Balaban J connectivity index is 1.13. The van der Waals surface area contributed by atoms with Crippen LogP contribution >= 0.6 is 18.9 Å². The molecule has 0 spiro atoms. The second kappa shape index (κ2) is 13.4. The van der Waals surface area contributed by atoms with E-state index in [9.17, 15) is 42.8 Å². The summed E-state index contributed by atoms with van der Waals surface area (Å²) >= 11 is 1.02. The Hall–Kier alpha value is -3.73. The highest BCUT2D eigenvalue weighted by atomic mass is 32.1. The van der Waals surface area contributed by atoms with E-state index < -0.39 is 36.8 Å². The third-order valence-corrected chi connectivity index (χ3v) is 13.0. The minimum atomic E-state index is -5.78. The predicted molar refractivity (Wildman–Crippen MR) is 181 cm³/mol.